The summed E-state index contributed by atoms with van der Waals surface area (Å²) in [5, 5.41) is 4.62. The average Bonchev–Trinajstić information content (AvgIpc) is 3.24. The van der Waals surface area contributed by atoms with E-state index < -0.39 is 5.41 Å². The van der Waals surface area contributed by atoms with Gasteiger partial charge in [-0.3, -0.25) is 9.69 Å². The zero-order valence-electron chi connectivity index (χ0n) is 19.6. The molecule has 0 N–H and O–H groups in total. The van der Waals surface area contributed by atoms with Crippen LogP contribution in [0.3, 0.4) is 0 Å². The standard InChI is InChI=1S/C27H31NO4/c1-27(2,3)26(29)32-17-8-9-18-20(12-17)22-14-25(31-5)24(30-4)13-21(22)19-11-16-7-6-10-28(16)15-23(18)19/h8-9,12-14,16H,6-7,10-11,15H2,1-5H3/t16-/m0/s1. The Hall–Kier alpha value is -2.79. The predicted molar refractivity (Wildman–Crippen MR) is 127 cm³/mol. The Morgan fingerprint density at radius 1 is 0.938 bits per heavy atom. The molecule has 2 aliphatic rings. The highest BCUT2D eigenvalue weighted by Crippen LogP contribution is 2.44. The first-order valence-electron chi connectivity index (χ1n) is 11.4. The van der Waals surface area contributed by atoms with E-state index in [1.807, 2.05) is 32.9 Å². The molecule has 1 atom stereocenters. The molecule has 1 fully saturated rings. The van der Waals surface area contributed by atoms with Crippen molar-refractivity contribution in [2.45, 2.75) is 52.6 Å². The van der Waals surface area contributed by atoms with Crippen LogP contribution < -0.4 is 14.2 Å². The molecule has 5 rings (SSSR count). The first-order valence-corrected chi connectivity index (χ1v) is 11.4. The van der Waals surface area contributed by atoms with Gasteiger partial charge in [0.2, 0.25) is 0 Å². The number of esters is 1. The molecule has 32 heavy (non-hydrogen) atoms. The van der Waals surface area contributed by atoms with Crippen molar-refractivity contribution in [1.82, 2.24) is 4.90 Å². The summed E-state index contributed by atoms with van der Waals surface area (Å²) in [6.45, 7) is 7.72. The van der Waals surface area contributed by atoms with Gasteiger partial charge in [0.25, 0.3) is 0 Å². The molecule has 0 bridgehead atoms. The molecule has 0 saturated carbocycles. The fraction of sp³-hybridized carbons (Fsp3) is 0.444. The fourth-order valence-corrected chi connectivity index (χ4v) is 5.20. The first kappa shape index (κ1) is 21.1. The van der Waals surface area contributed by atoms with Crippen LogP contribution in [0.15, 0.2) is 30.3 Å². The molecule has 0 aromatic heterocycles. The third-order valence-corrected chi connectivity index (χ3v) is 6.94. The Bertz CT molecular complexity index is 1220. The second kappa shape index (κ2) is 7.66. The number of hydrogen-bond donors (Lipinski definition) is 0. The first-order chi connectivity index (χ1) is 15.3. The largest absolute Gasteiger partial charge is 0.493 e. The summed E-state index contributed by atoms with van der Waals surface area (Å²) < 4.78 is 17.0. The third kappa shape index (κ3) is 3.39. The van der Waals surface area contributed by atoms with Crippen LogP contribution in [0.1, 0.15) is 44.7 Å². The van der Waals surface area contributed by atoms with Gasteiger partial charge in [-0.25, -0.2) is 0 Å². The Morgan fingerprint density at radius 3 is 2.31 bits per heavy atom. The van der Waals surface area contributed by atoms with Gasteiger partial charge in [0.1, 0.15) is 5.75 Å². The number of nitrogens with zero attached hydrogens (tertiary/aromatic N) is 1. The Kier molecular flexibility index (Phi) is 5.05. The minimum absolute atomic E-state index is 0.238. The number of carbonyl (C=O) groups is 1. The molecule has 0 unspecified atom stereocenters. The van der Waals surface area contributed by atoms with Gasteiger partial charge in [0, 0.05) is 12.6 Å². The van der Waals surface area contributed by atoms with Crippen LogP contribution >= 0.6 is 0 Å². The minimum Gasteiger partial charge on any atom is -0.493 e. The second-order valence-electron chi connectivity index (χ2n) is 10.0. The number of methoxy groups -OCH3 is 2. The van der Waals surface area contributed by atoms with E-state index in [9.17, 15) is 4.79 Å². The molecule has 2 heterocycles. The molecule has 5 heteroatoms. The number of benzene rings is 3. The van der Waals surface area contributed by atoms with Crippen LogP contribution in [0.4, 0.5) is 0 Å². The molecule has 0 aliphatic carbocycles. The van der Waals surface area contributed by atoms with Crippen LogP contribution in [0.25, 0.3) is 21.5 Å². The predicted octanol–water partition coefficient (Wildman–Crippen LogP) is 5.48. The van der Waals surface area contributed by atoms with Crippen molar-refractivity contribution < 1.29 is 19.0 Å². The third-order valence-electron chi connectivity index (χ3n) is 6.94. The molecule has 3 aromatic rings. The quantitative estimate of drug-likeness (QED) is 0.311. The smallest absolute Gasteiger partial charge is 0.316 e. The molecule has 168 valence electrons. The van der Waals surface area contributed by atoms with Crippen molar-refractivity contribution in [2.24, 2.45) is 5.41 Å². The molecular weight excluding hydrogens is 402 g/mol. The lowest BCUT2D eigenvalue weighted by Gasteiger charge is -2.33. The molecule has 0 spiro atoms. The molecular formula is C27H31NO4. The van der Waals surface area contributed by atoms with Crippen molar-refractivity contribution in [2.75, 3.05) is 20.8 Å². The number of hydrogen-bond acceptors (Lipinski definition) is 5. The highest BCUT2D eigenvalue weighted by Gasteiger charge is 2.32. The summed E-state index contributed by atoms with van der Waals surface area (Å²) in [4.78, 5) is 15.1. The summed E-state index contributed by atoms with van der Waals surface area (Å²) in [5.74, 6) is 1.78. The van der Waals surface area contributed by atoms with Gasteiger partial charge in [-0.15, -0.1) is 0 Å². The summed E-state index contributed by atoms with van der Waals surface area (Å²) >= 11 is 0. The highest BCUT2D eigenvalue weighted by atomic mass is 16.5. The van der Waals surface area contributed by atoms with Gasteiger partial charge in [0.05, 0.1) is 19.6 Å². The lowest BCUT2D eigenvalue weighted by atomic mass is 9.85. The van der Waals surface area contributed by atoms with Crippen molar-refractivity contribution in [3.05, 3.63) is 41.5 Å². The number of ether oxygens (including phenoxy) is 3. The maximum absolute atomic E-state index is 12.5. The number of rotatable bonds is 3. The van der Waals surface area contributed by atoms with Crippen molar-refractivity contribution >= 4 is 27.5 Å². The zero-order chi connectivity index (χ0) is 22.6. The number of carbonyl (C=O) groups excluding carboxylic acids is 1. The molecule has 5 nitrogen and oxygen atoms in total. The van der Waals surface area contributed by atoms with Crippen molar-refractivity contribution in [3.8, 4) is 17.2 Å². The van der Waals surface area contributed by atoms with Crippen LogP contribution in [-0.2, 0) is 17.8 Å². The maximum atomic E-state index is 12.5. The van der Waals surface area contributed by atoms with E-state index in [4.69, 9.17) is 14.2 Å². The Labute approximate surface area is 189 Å². The average molecular weight is 434 g/mol. The topological polar surface area (TPSA) is 48.0 Å². The van der Waals surface area contributed by atoms with Crippen LogP contribution in [-0.4, -0.2) is 37.7 Å². The maximum Gasteiger partial charge on any atom is 0.316 e. The molecule has 0 amide bonds. The Balaban J connectivity index is 1.76. The molecule has 0 radical (unpaired) electrons. The van der Waals surface area contributed by atoms with E-state index in [-0.39, 0.29) is 5.97 Å². The van der Waals surface area contributed by atoms with Gasteiger partial charge in [-0.1, -0.05) is 6.07 Å². The summed E-state index contributed by atoms with van der Waals surface area (Å²) in [5.41, 5.74) is 2.23. The molecule has 2 aliphatic heterocycles. The minimum atomic E-state index is -0.561. The van der Waals surface area contributed by atoms with E-state index >= 15 is 0 Å². The van der Waals surface area contributed by atoms with E-state index in [0.717, 1.165) is 36.0 Å². The summed E-state index contributed by atoms with van der Waals surface area (Å²) in [6.07, 6.45) is 3.57. The van der Waals surface area contributed by atoms with Gasteiger partial charge in [-0.2, -0.15) is 0 Å². The second-order valence-corrected chi connectivity index (χ2v) is 10.0. The van der Waals surface area contributed by atoms with Gasteiger partial charge in [0.15, 0.2) is 11.5 Å². The van der Waals surface area contributed by atoms with Crippen molar-refractivity contribution in [3.63, 3.8) is 0 Å². The number of fused-ring (bicyclic) bond motifs is 7. The molecule has 1 saturated heterocycles. The van der Waals surface area contributed by atoms with Gasteiger partial charge >= 0.3 is 5.97 Å². The normalized spacial score (nSPS) is 18.5. The van der Waals surface area contributed by atoms with Crippen LogP contribution in [0, 0.1) is 5.41 Å². The zero-order valence-corrected chi connectivity index (χ0v) is 19.6. The molecule has 3 aromatic carbocycles. The Morgan fingerprint density at radius 2 is 1.62 bits per heavy atom. The van der Waals surface area contributed by atoms with E-state index in [0.29, 0.717) is 17.5 Å². The SMILES string of the molecule is COc1cc2c3c(c4ccc(OC(=O)C(C)(C)C)cc4c2cc1OC)CN1CCC[C@H]1C3. The summed E-state index contributed by atoms with van der Waals surface area (Å²) in [7, 11) is 3.34. The van der Waals surface area contributed by atoms with Crippen LogP contribution in [0.2, 0.25) is 0 Å². The van der Waals surface area contributed by atoms with E-state index in [2.05, 4.69) is 23.1 Å². The highest BCUT2D eigenvalue weighted by molar-refractivity contribution is 6.12. The fourth-order valence-electron chi connectivity index (χ4n) is 5.20. The van der Waals surface area contributed by atoms with E-state index in [1.165, 1.54) is 34.7 Å². The van der Waals surface area contributed by atoms with Gasteiger partial charge in [-0.05, 0) is 104 Å². The lowest BCUT2D eigenvalue weighted by molar-refractivity contribution is -0.142. The monoisotopic (exact) mass is 433 g/mol. The summed E-state index contributed by atoms with van der Waals surface area (Å²) in [6, 6.07) is 10.8. The van der Waals surface area contributed by atoms with Crippen LogP contribution in [0.5, 0.6) is 17.2 Å². The van der Waals surface area contributed by atoms with E-state index in [1.54, 1.807) is 14.2 Å². The lowest BCUT2D eigenvalue weighted by Crippen LogP contribution is -2.35. The van der Waals surface area contributed by atoms with Crippen molar-refractivity contribution in [1.29, 1.82) is 0 Å². The van der Waals surface area contributed by atoms with Gasteiger partial charge < -0.3 is 14.2 Å².